The zero-order chi connectivity index (χ0) is 22.5. The second kappa shape index (κ2) is 13.7. The minimum Gasteiger partial charge on any atom is -0.462 e. The molecule has 2 aromatic rings. The molecule has 0 bridgehead atoms. The highest BCUT2D eigenvalue weighted by Gasteiger charge is 2.20. The van der Waals surface area contributed by atoms with Crippen LogP contribution < -0.4 is 11.1 Å². The van der Waals surface area contributed by atoms with Crippen molar-refractivity contribution in [2.24, 2.45) is 11.7 Å². The Morgan fingerprint density at radius 3 is 2.32 bits per heavy atom. The van der Waals surface area contributed by atoms with Crippen molar-refractivity contribution in [3.8, 4) is 0 Å². The van der Waals surface area contributed by atoms with Gasteiger partial charge in [0.25, 0.3) is 0 Å². The molecule has 0 saturated heterocycles. The number of nitrogens with one attached hydrogen (secondary N) is 1. The van der Waals surface area contributed by atoms with E-state index in [1.807, 2.05) is 43.3 Å². The molecule has 1 aliphatic carbocycles. The lowest BCUT2D eigenvalue weighted by atomic mass is 10.00. The van der Waals surface area contributed by atoms with Crippen LogP contribution in [0.5, 0.6) is 0 Å². The number of ether oxygens (including phenoxy) is 2. The predicted octanol–water partition coefficient (Wildman–Crippen LogP) is 5.76. The van der Waals surface area contributed by atoms with E-state index >= 15 is 0 Å². The molecule has 1 amide bonds. The molecular formula is C24H34N2O4S. The summed E-state index contributed by atoms with van der Waals surface area (Å²) in [7, 11) is 0. The molecule has 7 heteroatoms. The van der Waals surface area contributed by atoms with Crippen LogP contribution in [0.25, 0.3) is 0 Å². The molecule has 1 aromatic carbocycles. The Labute approximate surface area is 189 Å². The number of esters is 1. The fraction of sp³-hybridized carbons (Fsp3) is 0.500. The number of anilines is 1. The summed E-state index contributed by atoms with van der Waals surface area (Å²) >= 11 is 1.50. The van der Waals surface area contributed by atoms with Gasteiger partial charge < -0.3 is 20.5 Å². The van der Waals surface area contributed by atoms with Gasteiger partial charge in [-0.15, -0.1) is 11.3 Å². The standard InChI is InChI=1S/C11H15NO2S.C8H9NO2.C5H10/c1-3-14-11(13)9-5-8-4-7(2)6-12-10(8)15-9;9-8(10)11-6-7-4-2-1-3-5-7;1-2-4-5-3-1/h5,7,12H,3-4,6H2,1-2H3;1-5H,6H2,(H2,9,10);1-5H2. The Kier molecular flexibility index (Phi) is 10.9. The Hall–Kier alpha value is -2.54. The van der Waals surface area contributed by atoms with E-state index in [0.29, 0.717) is 17.4 Å². The number of primary amides is 1. The lowest BCUT2D eigenvalue weighted by molar-refractivity contribution is 0.0532. The van der Waals surface area contributed by atoms with Gasteiger partial charge in [0.1, 0.15) is 11.5 Å². The van der Waals surface area contributed by atoms with E-state index in [1.54, 1.807) is 0 Å². The molecule has 1 atom stereocenters. The molecule has 1 fully saturated rings. The number of amides is 1. The zero-order valence-corrected chi connectivity index (χ0v) is 19.3. The monoisotopic (exact) mass is 446 g/mol. The van der Waals surface area contributed by atoms with Crippen LogP contribution >= 0.6 is 11.3 Å². The molecule has 1 saturated carbocycles. The Bertz CT molecular complexity index is 796. The second-order valence-electron chi connectivity index (χ2n) is 7.74. The molecule has 3 N–H and O–H groups in total. The van der Waals surface area contributed by atoms with Gasteiger partial charge in [-0.2, -0.15) is 0 Å². The van der Waals surface area contributed by atoms with Crippen LogP contribution in [0.4, 0.5) is 9.80 Å². The topological polar surface area (TPSA) is 90.6 Å². The number of carbonyl (C=O) groups excluding carboxylic acids is 2. The molecule has 1 unspecified atom stereocenters. The van der Waals surface area contributed by atoms with E-state index in [4.69, 9.17) is 10.5 Å². The molecule has 6 nitrogen and oxygen atoms in total. The van der Waals surface area contributed by atoms with Gasteiger partial charge in [-0.3, -0.25) is 0 Å². The Morgan fingerprint density at radius 2 is 1.74 bits per heavy atom. The zero-order valence-electron chi connectivity index (χ0n) is 18.5. The van der Waals surface area contributed by atoms with Gasteiger partial charge >= 0.3 is 12.1 Å². The smallest absolute Gasteiger partial charge is 0.404 e. The largest absolute Gasteiger partial charge is 0.462 e. The maximum Gasteiger partial charge on any atom is 0.404 e. The van der Waals surface area contributed by atoms with Crippen molar-refractivity contribution in [2.45, 2.75) is 59.0 Å². The van der Waals surface area contributed by atoms with Gasteiger partial charge in [0, 0.05) is 6.54 Å². The lowest BCUT2D eigenvalue weighted by Gasteiger charge is -2.19. The summed E-state index contributed by atoms with van der Waals surface area (Å²) in [5.74, 6) is 0.438. The second-order valence-corrected chi connectivity index (χ2v) is 8.79. The van der Waals surface area contributed by atoms with Crippen LogP contribution in [0.15, 0.2) is 36.4 Å². The predicted molar refractivity (Wildman–Crippen MR) is 126 cm³/mol. The van der Waals surface area contributed by atoms with Crippen LogP contribution in [0.3, 0.4) is 0 Å². The third-order valence-electron chi connectivity index (χ3n) is 4.94. The number of fused-ring (bicyclic) bond motifs is 1. The molecule has 0 radical (unpaired) electrons. The number of hydrogen-bond acceptors (Lipinski definition) is 6. The molecule has 1 aliphatic heterocycles. The molecular weight excluding hydrogens is 412 g/mol. The van der Waals surface area contributed by atoms with Crippen LogP contribution in [-0.2, 0) is 22.5 Å². The summed E-state index contributed by atoms with van der Waals surface area (Å²) in [6.07, 6.45) is 7.81. The van der Waals surface area contributed by atoms with Gasteiger partial charge in [0.15, 0.2) is 0 Å². The number of carbonyl (C=O) groups is 2. The molecule has 31 heavy (non-hydrogen) atoms. The number of rotatable bonds is 4. The van der Waals surface area contributed by atoms with Gasteiger partial charge in [0.05, 0.1) is 11.6 Å². The van der Waals surface area contributed by atoms with Crippen molar-refractivity contribution < 1.29 is 19.1 Å². The number of nitrogens with two attached hydrogens (primary N) is 1. The number of hydrogen-bond donors (Lipinski definition) is 2. The highest BCUT2D eigenvalue weighted by atomic mass is 32.1. The quantitative estimate of drug-likeness (QED) is 0.583. The van der Waals surface area contributed by atoms with Gasteiger partial charge in [-0.05, 0) is 36.5 Å². The van der Waals surface area contributed by atoms with Crippen molar-refractivity contribution in [1.82, 2.24) is 0 Å². The van der Waals surface area contributed by atoms with Gasteiger partial charge in [0.2, 0.25) is 0 Å². The first-order valence-electron chi connectivity index (χ1n) is 11.0. The average Bonchev–Trinajstić information content (AvgIpc) is 3.47. The van der Waals surface area contributed by atoms with Gasteiger partial charge in [-0.1, -0.05) is 69.4 Å². The minimum absolute atomic E-state index is 0.202. The van der Waals surface area contributed by atoms with Gasteiger partial charge in [-0.25, -0.2) is 9.59 Å². The van der Waals surface area contributed by atoms with Crippen molar-refractivity contribution >= 4 is 28.4 Å². The third kappa shape index (κ3) is 9.42. The fourth-order valence-electron chi connectivity index (χ4n) is 3.36. The summed E-state index contributed by atoms with van der Waals surface area (Å²) in [4.78, 5) is 22.4. The van der Waals surface area contributed by atoms with Crippen molar-refractivity contribution in [3.05, 3.63) is 52.4 Å². The molecule has 170 valence electrons. The van der Waals surface area contributed by atoms with Crippen LogP contribution in [0.2, 0.25) is 0 Å². The average molecular weight is 447 g/mol. The van der Waals surface area contributed by atoms with Crippen LogP contribution in [-0.4, -0.2) is 25.2 Å². The number of thiophene rings is 1. The Morgan fingerprint density at radius 1 is 1.10 bits per heavy atom. The third-order valence-corrected chi connectivity index (χ3v) is 6.05. The van der Waals surface area contributed by atoms with E-state index in [0.717, 1.165) is 23.5 Å². The normalized spacial score (nSPS) is 16.4. The first kappa shape index (κ1) is 24.7. The Balaban J connectivity index is 0.000000186. The first-order valence-corrected chi connectivity index (χ1v) is 11.8. The van der Waals surface area contributed by atoms with E-state index in [1.165, 1.54) is 49.0 Å². The van der Waals surface area contributed by atoms with E-state index in [-0.39, 0.29) is 12.6 Å². The minimum atomic E-state index is -0.742. The summed E-state index contributed by atoms with van der Waals surface area (Å²) in [6.45, 7) is 5.71. The molecule has 0 spiro atoms. The van der Waals surface area contributed by atoms with E-state index in [2.05, 4.69) is 17.0 Å². The summed E-state index contributed by atoms with van der Waals surface area (Å²) in [5, 5.41) is 4.48. The summed E-state index contributed by atoms with van der Waals surface area (Å²) < 4.78 is 9.54. The maximum absolute atomic E-state index is 11.5. The summed E-state index contributed by atoms with van der Waals surface area (Å²) in [5.41, 5.74) is 6.97. The van der Waals surface area contributed by atoms with E-state index < -0.39 is 6.09 Å². The maximum atomic E-state index is 11.5. The lowest BCUT2D eigenvalue weighted by Crippen LogP contribution is -2.18. The van der Waals surface area contributed by atoms with Crippen molar-refractivity contribution in [3.63, 3.8) is 0 Å². The molecule has 2 heterocycles. The van der Waals surface area contributed by atoms with Crippen LogP contribution in [0.1, 0.15) is 66.8 Å². The molecule has 4 rings (SSSR count). The number of benzene rings is 1. The van der Waals surface area contributed by atoms with E-state index in [9.17, 15) is 9.59 Å². The van der Waals surface area contributed by atoms with Crippen LogP contribution in [0, 0.1) is 5.92 Å². The highest BCUT2D eigenvalue weighted by molar-refractivity contribution is 7.18. The summed E-state index contributed by atoms with van der Waals surface area (Å²) in [6, 6.07) is 11.3. The molecule has 1 aromatic heterocycles. The van der Waals surface area contributed by atoms with Crippen molar-refractivity contribution in [1.29, 1.82) is 0 Å². The van der Waals surface area contributed by atoms with Crippen molar-refractivity contribution in [2.75, 3.05) is 18.5 Å². The molecule has 2 aliphatic rings. The highest BCUT2D eigenvalue weighted by Crippen LogP contribution is 2.33. The first-order chi connectivity index (χ1) is 15.0. The fourth-order valence-corrected chi connectivity index (χ4v) is 4.35. The SMILES string of the molecule is C1CCCC1.CCOC(=O)c1cc2c(s1)NCC(C)C2.NC(=O)OCc1ccccc1.